The minimum Gasteiger partial charge on any atom is -0.466 e. The molecule has 1 rings (SSSR count). The van der Waals surface area contributed by atoms with Gasteiger partial charge in [0.25, 0.3) is 0 Å². The maximum absolute atomic E-state index is 11.4. The lowest BCUT2D eigenvalue weighted by Gasteiger charge is -2.16. The molecule has 0 saturated carbocycles. The van der Waals surface area contributed by atoms with Gasteiger partial charge in [-0.25, -0.2) is 13.2 Å². The maximum atomic E-state index is 11.4. The van der Waals surface area contributed by atoms with Crippen LogP contribution in [0.2, 0.25) is 0 Å². The molecule has 0 aromatic carbocycles. The number of sulfone groups is 1. The lowest BCUT2D eigenvalue weighted by molar-refractivity contribution is -0.136. The molecule has 1 fully saturated rings. The first-order valence-electron chi connectivity index (χ1n) is 5.62. The summed E-state index contributed by atoms with van der Waals surface area (Å²) >= 11 is 0. The van der Waals surface area contributed by atoms with Gasteiger partial charge in [0, 0.05) is 18.7 Å². The minimum absolute atomic E-state index is 0.206. The maximum Gasteiger partial charge on any atom is 0.333 e. The molecule has 0 radical (unpaired) electrons. The van der Waals surface area contributed by atoms with Crippen molar-refractivity contribution in [2.45, 2.75) is 13.3 Å². The Morgan fingerprint density at radius 1 is 1.35 bits per heavy atom. The molecule has 0 bridgehead atoms. The fourth-order valence-electron chi connectivity index (χ4n) is 1.68. The zero-order valence-corrected chi connectivity index (χ0v) is 11.1. The molecule has 6 heteroatoms. The van der Waals surface area contributed by atoms with Crippen LogP contribution in [-0.4, -0.2) is 57.5 Å². The lowest BCUT2D eigenvalue weighted by Crippen LogP contribution is -2.27. The summed E-state index contributed by atoms with van der Waals surface area (Å²) in [6.45, 7) is 3.58. The van der Waals surface area contributed by atoms with Gasteiger partial charge in [0.05, 0.1) is 18.6 Å². The summed E-state index contributed by atoms with van der Waals surface area (Å²) in [5.41, 5.74) is 0.555. The zero-order valence-electron chi connectivity index (χ0n) is 10.3. The third-order valence-corrected chi connectivity index (χ3v) is 4.53. The van der Waals surface area contributed by atoms with Crippen molar-refractivity contribution in [2.75, 3.05) is 38.2 Å². The first-order valence-corrected chi connectivity index (χ1v) is 7.44. The Kier molecular flexibility index (Phi) is 5.14. The first kappa shape index (κ1) is 14.2. The van der Waals surface area contributed by atoms with E-state index in [0.717, 1.165) is 6.54 Å². The van der Waals surface area contributed by atoms with E-state index in [1.54, 1.807) is 13.0 Å². The summed E-state index contributed by atoms with van der Waals surface area (Å²) in [4.78, 5) is 13.2. The molecule has 1 heterocycles. The normalized spacial score (nSPS) is 21.9. The van der Waals surface area contributed by atoms with Crippen LogP contribution in [-0.2, 0) is 19.4 Å². The van der Waals surface area contributed by atoms with Gasteiger partial charge >= 0.3 is 5.97 Å². The van der Waals surface area contributed by atoms with Crippen molar-refractivity contribution in [3.05, 3.63) is 11.6 Å². The number of nitrogens with zero attached hydrogens (tertiary/aromatic N) is 1. The van der Waals surface area contributed by atoms with Crippen molar-refractivity contribution in [3.8, 4) is 0 Å². The van der Waals surface area contributed by atoms with Crippen molar-refractivity contribution < 1.29 is 17.9 Å². The largest absolute Gasteiger partial charge is 0.466 e. The van der Waals surface area contributed by atoms with Crippen LogP contribution in [0, 0.1) is 0 Å². The van der Waals surface area contributed by atoms with Crippen molar-refractivity contribution in [2.24, 2.45) is 0 Å². The van der Waals surface area contributed by atoms with Crippen molar-refractivity contribution in [1.29, 1.82) is 0 Å². The Bertz CT molecular complexity index is 400. The van der Waals surface area contributed by atoms with E-state index in [1.807, 2.05) is 4.90 Å². The van der Waals surface area contributed by atoms with Gasteiger partial charge in [-0.05, 0) is 19.9 Å². The van der Waals surface area contributed by atoms with Gasteiger partial charge in [0.1, 0.15) is 0 Å². The van der Waals surface area contributed by atoms with Gasteiger partial charge in [-0.3, -0.25) is 4.90 Å². The Balaban J connectivity index is 2.50. The Hall–Kier alpha value is -0.880. The average molecular weight is 261 g/mol. The van der Waals surface area contributed by atoms with E-state index in [9.17, 15) is 13.2 Å². The lowest BCUT2D eigenvalue weighted by atomic mass is 10.2. The van der Waals surface area contributed by atoms with Crippen LogP contribution in [0.25, 0.3) is 0 Å². The van der Waals surface area contributed by atoms with Gasteiger partial charge < -0.3 is 4.74 Å². The van der Waals surface area contributed by atoms with Crippen molar-refractivity contribution >= 4 is 15.8 Å². The van der Waals surface area contributed by atoms with Crippen LogP contribution < -0.4 is 0 Å². The summed E-state index contributed by atoms with van der Waals surface area (Å²) in [6.07, 6.45) is 2.44. The fourth-order valence-corrected chi connectivity index (χ4v) is 2.99. The molecule has 0 amide bonds. The molecular formula is C11H19NO4S. The van der Waals surface area contributed by atoms with E-state index in [-0.39, 0.29) is 17.5 Å². The van der Waals surface area contributed by atoms with Crippen LogP contribution in [0.3, 0.4) is 0 Å². The monoisotopic (exact) mass is 261 g/mol. The van der Waals surface area contributed by atoms with E-state index in [2.05, 4.69) is 4.74 Å². The number of hydrogen-bond donors (Lipinski definition) is 0. The zero-order chi connectivity index (χ0) is 12.9. The van der Waals surface area contributed by atoms with Crippen LogP contribution >= 0.6 is 0 Å². The molecule has 1 saturated heterocycles. The van der Waals surface area contributed by atoms with E-state index >= 15 is 0 Å². The Morgan fingerprint density at radius 3 is 2.71 bits per heavy atom. The average Bonchev–Trinajstić information content (AvgIpc) is 2.46. The SMILES string of the molecule is COC(=O)C(C)=CCN1CCCS(=O)(=O)CC1. The molecule has 0 N–H and O–H groups in total. The van der Waals surface area contributed by atoms with E-state index in [0.29, 0.717) is 25.1 Å². The molecular weight excluding hydrogens is 242 g/mol. The summed E-state index contributed by atoms with van der Waals surface area (Å²) in [5.74, 6) is 0.133. The van der Waals surface area contributed by atoms with E-state index in [1.165, 1.54) is 7.11 Å². The molecule has 5 nitrogen and oxygen atoms in total. The number of carbonyl (C=O) groups is 1. The second-order valence-corrected chi connectivity index (χ2v) is 6.49. The highest BCUT2D eigenvalue weighted by Crippen LogP contribution is 2.06. The Morgan fingerprint density at radius 2 is 2.06 bits per heavy atom. The molecule has 98 valence electrons. The van der Waals surface area contributed by atoms with Crippen molar-refractivity contribution in [1.82, 2.24) is 4.90 Å². The molecule has 1 aliphatic rings. The Labute approximate surface area is 102 Å². The number of ether oxygens (including phenoxy) is 1. The fraction of sp³-hybridized carbons (Fsp3) is 0.727. The second-order valence-electron chi connectivity index (χ2n) is 4.18. The van der Waals surface area contributed by atoms with E-state index < -0.39 is 9.84 Å². The summed E-state index contributed by atoms with van der Waals surface area (Å²) in [5, 5.41) is 0. The molecule has 0 unspecified atom stereocenters. The number of rotatable bonds is 3. The summed E-state index contributed by atoms with van der Waals surface area (Å²) in [7, 11) is -1.52. The highest BCUT2D eigenvalue weighted by atomic mass is 32.2. The minimum atomic E-state index is -2.87. The van der Waals surface area contributed by atoms with Gasteiger partial charge in [-0.2, -0.15) is 0 Å². The van der Waals surface area contributed by atoms with Crippen LogP contribution in [0.15, 0.2) is 11.6 Å². The smallest absolute Gasteiger partial charge is 0.333 e. The predicted molar refractivity (Wildman–Crippen MR) is 65.5 cm³/mol. The number of methoxy groups -OCH3 is 1. The molecule has 0 atom stereocenters. The second kappa shape index (κ2) is 6.16. The molecule has 0 aliphatic carbocycles. The molecule has 0 spiro atoms. The standard InChI is InChI=1S/C11H19NO4S/c1-10(11(13)16-2)4-6-12-5-3-8-17(14,15)9-7-12/h4H,3,5-9H2,1-2H3. The highest BCUT2D eigenvalue weighted by Gasteiger charge is 2.18. The van der Waals surface area contributed by atoms with Crippen molar-refractivity contribution in [3.63, 3.8) is 0 Å². The first-order chi connectivity index (χ1) is 7.94. The molecule has 0 aromatic rings. The van der Waals surface area contributed by atoms with Crippen LogP contribution in [0.5, 0.6) is 0 Å². The van der Waals surface area contributed by atoms with Crippen LogP contribution in [0.1, 0.15) is 13.3 Å². The van der Waals surface area contributed by atoms with Gasteiger partial charge in [0.2, 0.25) is 0 Å². The van der Waals surface area contributed by atoms with Gasteiger partial charge in [0.15, 0.2) is 9.84 Å². The molecule has 17 heavy (non-hydrogen) atoms. The topological polar surface area (TPSA) is 63.7 Å². The van der Waals surface area contributed by atoms with E-state index in [4.69, 9.17) is 0 Å². The van der Waals surface area contributed by atoms with Crippen LogP contribution in [0.4, 0.5) is 0 Å². The summed E-state index contributed by atoms with van der Waals surface area (Å²) < 4.78 is 27.4. The summed E-state index contributed by atoms with van der Waals surface area (Å²) in [6, 6.07) is 0. The number of hydrogen-bond acceptors (Lipinski definition) is 5. The predicted octanol–water partition coefficient (Wildman–Crippen LogP) is 0.226. The number of esters is 1. The third-order valence-electron chi connectivity index (χ3n) is 2.81. The number of carbonyl (C=O) groups excluding carboxylic acids is 1. The third kappa shape index (κ3) is 4.87. The van der Waals surface area contributed by atoms with Gasteiger partial charge in [-0.15, -0.1) is 0 Å². The quantitative estimate of drug-likeness (QED) is 0.537. The highest BCUT2D eigenvalue weighted by molar-refractivity contribution is 7.91. The molecule has 0 aromatic heterocycles. The molecule has 1 aliphatic heterocycles. The van der Waals surface area contributed by atoms with Gasteiger partial charge in [-0.1, -0.05) is 6.08 Å².